The van der Waals surface area contributed by atoms with Crippen molar-refractivity contribution in [1.29, 1.82) is 0 Å². The van der Waals surface area contributed by atoms with Gasteiger partial charge in [-0.05, 0) is 49.9 Å². The van der Waals surface area contributed by atoms with E-state index >= 15 is 0 Å². The molecule has 25 heavy (non-hydrogen) atoms. The first-order chi connectivity index (χ1) is 12.0. The second-order valence-electron chi connectivity index (χ2n) is 7.35. The average molecular weight is 344 g/mol. The fourth-order valence-electron chi connectivity index (χ4n) is 4.06. The number of likely N-dealkylation sites (tertiary alicyclic amines) is 2. The number of hydrogen-bond donors (Lipinski definition) is 1. The van der Waals surface area contributed by atoms with Gasteiger partial charge in [0.15, 0.2) is 0 Å². The van der Waals surface area contributed by atoms with Crippen molar-refractivity contribution in [2.24, 2.45) is 0 Å². The summed E-state index contributed by atoms with van der Waals surface area (Å²) in [5, 5.41) is 10.5. The summed E-state index contributed by atoms with van der Waals surface area (Å²) in [7, 11) is 0. The average Bonchev–Trinajstić information content (AvgIpc) is 2.90. The smallest absolute Gasteiger partial charge is 0.229 e. The fourth-order valence-corrected chi connectivity index (χ4v) is 4.06. The number of aliphatic hydroxyl groups excluding tert-OH is 1. The molecule has 0 bridgehead atoms. The molecule has 0 aliphatic carbocycles. The third kappa shape index (κ3) is 3.93. The maximum absolute atomic E-state index is 11.8. The van der Waals surface area contributed by atoms with Crippen LogP contribution in [0, 0.1) is 13.8 Å². The quantitative estimate of drug-likeness (QED) is 0.833. The summed E-state index contributed by atoms with van der Waals surface area (Å²) in [5.74, 6) is -0.317. The third-order valence-electron chi connectivity index (χ3n) is 5.61. The number of amides is 2. The van der Waals surface area contributed by atoms with Gasteiger partial charge in [0.2, 0.25) is 11.8 Å². The molecule has 5 heteroatoms. The zero-order chi connectivity index (χ0) is 18.0. The molecule has 2 heterocycles. The van der Waals surface area contributed by atoms with Crippen LogP contribution >= 0.6 is 0 Å². The Morgan fingerprint density at radius 1 is 1.12 bits per heavy atom. The molecule has 136 valence electrons. The maximum atomic E-state index is 11.8. The second kappa shape index (κ2) is 7.67. The predicted molar refractivity (Wildman–Crippen MR) is 96.0 cm³/mol. The van der Waals surface area contributed by atoms with Crippen LogP contribution in [0.2, 0.25) is 0 Å². The molecule has 2 aliphatic rings. The van der Waals surface area contributed by atoms with Crippen molar-refractivity contribution in [3.05, 3.63) is 34.9 Å². The number of hydrogen-bond acceptors (Lipinski definition) is 4. The molecule has 2 fully saturated rings. The molecule has 0 spiro atoms. The van der Waals surface area contributed by atoms with Gasteiger partial charge in [0.1, 0.15) is 0 Å². The molecule has 5 nitrogen and oxygen atoms in total. The van der Waals surface area contributed by atoms with Crippen LogP contribution in [0.4, 0.5) is 0 Å². The molecule has 0 aromatic heterocycles. The van der Waals surface area contributed by atoms with Crippen molar-refractivity contribution in [2.45, 2.75) is 58.1 Å². The zero-order valence-corrected chi connectivity index (χ0v) is 15.2. The van der Waals surface area contributed by atoms with E-state index in [2.05, 4.69) is 36.9 Å². The van der Waals surface area contributed by atoms with Gasteiger partial charge in [-0.25, -0.2) is 0 Å². The van der Waals surface area contributed by atoms with Gasteiger partial charge >= 0.3 is 0 Å². The van der Waals surface area contributed by atoms with E-state index in [0.717, 1.165) is 19.4 Å². The molecule has 2 aliphatic heterocycles. The molecule has 2 atom stereocenters. The van der Waals surface area contributed by atoms with Crippen molar-refractivity contribution in [3.63, 3.8) is 0 Å². The molecule has 0 radical (unpaired) electrons. The maximum Gasteiger partial charge on any atom is 0.229 e. The number of carbonyl (C=O) groups excluding carboxylic acids is 2. The fraction of sp³-hybridized carbons (Fsp3) is 0.600. The summed E-state index contributed by atoms with van der Waals surface area (Å²) >= 11 is 0. The minimum Gasteiger partial charge on any atom is -0.390 e. The predicted octanol–water partition coefficient (Wildman–Crippen LogP) is 2.34. The molecule has 1 N–H and O–H groups in total. The molecular weight excluding hydrogens is 316 g/mol. The Kier molecular flexibility index (Phi) is 5.54. The van der Waals surface area contributed by atoms with Gasteiger partial charge < -0.3 is 5.11 Å². The standard InChI is InChI=1S/C20H28N2O3/c1-14-6-5-7-17(15(14)2)18-8-3-4-11-21(18)12-16(23)13-22-19(24)9-10-20(22)25/h5-7,16,18,23H,3-4,8-13H2,1-2H3/t16-,18-/m0/s1. The topological polar surface area (TPSA) is 60.9 Å². The van der Waals surface area contributed by atoms with Crippen LogP contribution in [0.15, 0.2) is 18.2 Å². The number of nitrogens with zero attached hydrogens (tertiary/aromatic N) is 2. The van der Waals surface area contributed by atoms with Crippen molar-refractivity contribution < 1.29 is 14.7 Å². The Labute approximate surface area is 149 Å². The van der Waals surface area contributed by atoms with Crippen LogP contribution in [0.5, 0.6) is 0 Å². The van der Waals surface area contributed by atoms with Crippen molar-refractivity contribution >= 4 is 11.8 Å². The number of aliphatic hydroxyl groups is 1. The second-order valence-corrected chi connectivity index (χ2v) is 7.35. The SMILES string of the molecule is Cc1cccc([C@@H]2CCCCN2C[C@H](O)CN2C(=O)CCC2=O)c1C. The summed E-state index contributed by atoms with van der Waals surface area (Å²) in [6.45, 7) is 5.85. The minimum atomic E-state index is -0.697. The molecule has 1 aromatic carbocycles. The third-order valence-corrected chi connectivity index (χ3v) is 5.61. The van der Waals surface area contributed by atoms with Gasteiger partial charge in [0.05, 0.1) is 12.6 Å². The number of rotatable bonds is 5. The van der Waals surface area contributed by atoms with E-state index in [1.165, 1.54) is 28.0 Å². The lowest BCUT2D eigenvalue weighted by atomic mass is 9.90. The van der Waals surface area contributed by atoms with Gasteiger partial charge in [0.25, 0.3) is 0 Å². The number of benzene rings is 1. The number of piperidine rings is 1. The lowest BCUT2D eigenvalue weighted by molar-refractivity contribution is -0.140. The summed E-state index contributed by atoms with van der Waals surface area (Å²) in [5.41, 5.74) is 3.94. The van der Waals surface area contributed by atoms with Crippen LogP contribution in [-0.2, 0) is 9.59 Å². The van der Waals surface area contributed by atoms with Crippen LogP contribution < -0.4 is 0 Å². The first-order valence-corrected chi connectivity index (χ1v) is 9.29. The largest absolute Gasteiger partial charge is 0.390 e. The lowest BCUT2D eigenvalue weighted by Gasteiger charge is -2.38. The first kappa shape index (κ1) is 18.1. The number of aryl methyl sites for hydroxylation is 1. The zero-order valence-electron chi connectivity index (χ0n) is 15.2. The monoisotopic (exact) mass is 344 g/mol. The summed E-state index contributed by atoms with van der Waals surface area (Å²) in [4.78, 5) is 27.1. The Morgan fingerprint density at radius 2 is 1.84 bits per heavy atom. The van der Waals surface area contributed by atoms with E-state index < -0.39 is 6.10 Å². The molecule has 2 saturated heterocycles. The highest BCUT2D eigenvalue weighted by atomic mass is 16.3. The molecule has 1 aromatic rings. The highest BCUT2D eigenvalue weighted by molar-refractivity contribution is 6.01. The molecule has 3 rings (SSSR count). The summed E-state index contributed by atoms with van der Waals surface area (Å²) in [6, 6.07) is 6.72. The highest BCUT2D eigenvalue weighted by Gasteiger charge is 2.32. The van der Waals surface area contributed by atoms with Crippen LogP contribution in [0.1, 0.15) is 54.8 Å². The van der Waals surface area contributed by atoms with Gasteiger partial charge in [-0.15, -0.1) is 0 Å². The lowest BCUT2D eigenvalue weighted by Crippen LogP contribution is -2.44. The van der Waals surface area contributed by atoms with E-state index in [-0.39, 0.29) is 31.2 Å². The Hall–Kier alpha value is -1.72. The van der Waals surface area contributed by atoms with Crippen molar-refractivity contribution in [3.8, 4) is 0 Å². The van der Waals surface area contributed by atoms with E-state index in [1.807, 2.05) is 0 Å². The number of carbonyl (C=O) groups is 2. The highest BCUT2D eigenvalue weighted by Crippen LogP contribution is 2.33. The minimum absolute atomic E-state index is 0.119. The van der Waals surface area contributed by atoms with E-state index in [1.54, 1.807) is 0 Å². The van der Waals surface area contributed by atoms with Gasteiger partial charge in [-0.3, -0.25) is 19.4 Å². The Balaban J connectivity index is 1.70. The molecule has 2 amide bonds. The van der Waals surface area contributed by atoms with Crippen LogP contribution in [0.3, 0.4) is 0 Å². The van der Waals surface area contributed by atoms with Gasteiger partial charge in [0, 0.05) is 25.4 Å². The molecule has 0 saturated carbocycles. The van der Waals surface area contributed by atoms with E-state index in [0.29, 0.717) is 12.6 Å². The van der Waals surface area contributed by atoms with Crippen molar-refractivity contribution in [1.82, 2.24) is 9.80 Å². The molecular formula is C20H28N2O3. The van der Waals surface area contributed by atoms with E-state index in [4.69, 9.17) is 0 Å². The number of β-amino-alcohol motifs (C(OH)–C–C–N with tert-alkyl or cyclic N) is 1. The first-order valence-electron chi connectivity index (χ1n) is 9.29. The Morgan fingerprint density at radius 3 is 2.56 bits per heavy atom. The summed E-state index contributed by atoms with van der Waals surface area (Å²) in [6.07, 6.45) is 3.25. The van der Waals surface area contributed by atoms with Crippen molar-refractivity contribution in [2.75, 3.05) is 19.6 Å². The van der Waals surface area contributed by atoms with Gasteiger partial charge in [-0.1, -0.05) is 24.6 Å². The number of imide groups is 1. The normalized spacial score (nSPS) is 23.3. The van der Waals surface area contributed by atoms with E-state index in [9.17, 15) is 14.7 Å². The van der Waals surface area contributed by atoms with Gasteiger partial charge in [-0.2, -0.15) is 0 Å². The Bertz CT molecular complexity index is 642. The molecule has 0 unspecified atom stereocenters. The van der Waals surface area contributed by atoms with Crippen LogP contribution in [0.25, 0.3) is 0 Å². The summed E-state index contributed by atoms with van der Waals surface area (Å²) < 4.78 is 0. The van der Waals surface area contributed by atoms with Crippen LogP contribution in [-0.4, -0.2) is 52.5 Å².